The Hall–Kier alpha value is -1.57. The fraction of sp³-hybridized carbons (Fsp3) is 0.357. The Balaban J connectivity index is 2.79. The van der Waals surface area contributed by atoms with E-state index in [0.717, 1.165) is 11.3 Å². The van der Waals surface area contributed by atoms with Crippen LogP contribution in [0.4, 0.5) is 0 Å². The number of hydrogen-bond acceptors (Lipinski definition) is 2. The quantitative estimate of drug-likeness (QED) is 0.710. The van der Waals surface area contributed by atoms with Crippen LogP contribution in [0.25, 0.3) is 0 Å². The first kappa shape index (κ1) is 12.5. The Labute approximate surface area is 96.9 Å². The van der Waals surface area contributed by atoms with Crippen molar-refractivity contribution in [3.63, 3.8) is 0 Å². The Morgan fingerprint density at radius 1 is 1.38 bits per heavy atom. The summed E-state index contributed by atoms with van der Waals surface area (Å²) in [6, 6.07) is 7.78. The van der Waals surface area contributed by atoms with Crippen LogP contribution in [0.5, 0.6) is 5.75 Å². The molecule has 0 saturated carbocycles. The van der Waals surface area contributed by atoms with Crippen molar-refractivity contribution >= 4 is 5.78 Å². The minimum atomic E-state index is -0.393. The molecule has 0 amide bonds. The molecule has 0 spiro atoms. The van der Waals surface area contributed by atoms with E-state index in [1.165, 1.54) is 6.08 Å². The van der Waals surface area contributed by atoms with Crippen LogP contribution in [0.2, 0.25) is 0 Å². The molecule has 0 unspecified atom stereocenters. The summed E-state index contributed by atoms with van der Waals surface area (Å²) in [4.78, 5) is 11.6. The van der Waals surface area contributed by atoms with Crippen molar-refractivity contribution in [2.24, 2.45) is 5.41 Å². The van der Waals surface area contributed by atoms with Crippen molar-refractivity contribution in [3.8, 4) is 5.75 Å². The summed E-state index contributed by atoms with van der Waals surface area (Å²) < 4.78 is 5.08. The SMILES string of the molecule is C=CC(=O)C(C)(C)Cc1ccc(OC)cc1. The molecule has 0 aromatic heterocycles. The van der Waals surface area contributed by atoms with Gasteiger partial charge in [-0.15, -0.1) is 0 Å². The zero-order valence-corrected chi connectivity index (χ0v) is 10.1. The number of allylic oxidation sites excluding steroid dienone is 1. The molecular formula is C14H18O2. The third kappa shape index (κ3) is 2.96. The summed E-state index contributed by atoms with van der Waals surface area (Å²) in [6.07, 6.45) is 2.10. The molecule has 0 fully saturated rings. The van der Waals surface area contributed by atoms with Gasteiger partial charge in [-0.2, -0.15) is 0 Å². The Morgan fingerprint density at radius 3 is 2.38 bits per heavy atom. The molecule has 86 valence electrons. The standard InChI is InChI=1S/C14H18O2/c1-5-13(15)14(2,3)10-11-6-8-12(16-4)9-7-11/h5-9H,1,10H2,2-4H3. The number of carbonyl (C=O) groups is 1. The van der Waals surface area contributed by atoms with Crippen LogP contribution in [0.3, 0.4) is 0 Å². The fourth-order valence-electron chi connectivity index (χ4n) is 1.62. The summed E-state index contributed by atoms with van der Waals surface area (Å²) in [6.45, 7) is 7.39. The molecule has 1 rings (SSSR count). The van der Waals surface area contributed by atoms with Gasteiger partial charge in [0.25, 0.3) is 0 Å². The lowest BCUT2D eigenvalue weighted by atomic mass is 9.82. The summed E-state index contributed by atoms with van der Waals surface area (Å²) in [5, 5.41) is 0. The smallest absolute Gasteiger partial charge is 0.161 e. The van der Waals surface area contributed by atoms with Gasteiger partial charge in [-0.25, -0.2) is 0 Å². The van der Waals surface area contributed by atoms with Crippen molar-refractivity contribution in [3.05, 3.63) is 42.5 Å². The largest absolute Gasteiger partial charge is 0.497 e. The maximum Gasteiger partial charge on any atom is 0.161 e. The van der Waals surface area contributed by atoms with Crippen LogP contribution in [0.1, 0.15) is 19.4 Å². The van der Waals surface area contributed by atoms with E-state index in [2.05, 4.69) is 6.58 Å². The van der Waals surface area contributed by atoms with Gasteiger partial charge in [0.2, 0.25) is 0 Å². The highest BCUT2D eigenvalue weighted by Crippen LogP contribution is 2.24. The van der Waals surface area contributed by atoms with Crippen molar-refractivity contribution in [1.82, 2.24) is 0 Å². The average molecular weight is 218 g/mol. The van der Waals surface area contributed by atoms with E-state index in [-0.39, 0.29) is 5.78 Å². The van der Waals surface area contributed by atoms with Gasteiger partial charge in [-0.05, 0) is 30.2 Å². The molecule has 16 heavy (non-hydrogen) atoms. The highest BCUT2D eigenvalue weighted by molar-refractivity contribution is 5.93. The summed E-state index contributed by atoms with van der Waals surface area (Å²) >= 11 is 0. The van der Waals surface area contributed by atoms with Crippen LogP contribution >= 0.6 is 0 Å². The molecular weight excluding hydrogens is 200 g/mol. The average Bonchev–Trinajstić information content (AvgIpc) is 2.28. The van der Waals surface area contributed by atoms with Gasteiger partial charge in [-0.1, -0.05) is 32.6 Å². The zero-order valence-electron chi connectivity index (χ0n) is 10.1. The van der Waals surface area contributed by atoms with E-state index >= 15 is 0 Å². The second-order valence-electron chi connectivity index (χ2n) is 4.48. The third-order valence-corrected chi connectivity index (χ3v) is 2.66. The minimum Gasteiger partial charge on any atom is -0.497 e. The van der Waals surface area contributed by atoms with E-state index < -0.39 is 5.41 Å². The molecule has 1 aromatic carbocycles. The maximum absolute atomic E-state index is 11.6. The number of hydrogen-bond donors (Lipinski definition) is 0. The zero-order chi connectivity index (χ0) is 12.2. The molecule has 0 radical (unpaired) electrons. The van der Waals surface area contributed by atoms with Crippen molar-refractivity contribution in [1.29, 1.82) is 0 Å². The van der Waals surface area contributed by atoms with E-state index in [9.17, 15) is 4.79 Å². The van der Waals surface area contributed by atoms with E-state index in [1.807, 2.05) is 38.1 Å². The van der Waals surface area contributed by atoms with Gasteiger partial charge in [-0.3, -0.25) is 4.79 Å². The number of rotatable bonds is 5. The summed E-state index contributed by atoms with van der Waals surface area (Å²) in [5.74, 6) is 0.903. The van der Waals surface area contributed by atoms with Crippen LogP contribution in [-0.2, 0) is 11.2 Å². The van der Waals surface area contributed by atoms with Gasteiger partial charge in [0, 0.05) is 5.41 Å². The van der Waals surface area contributed by atoms with Gasteiger partial charge in [0.1, 0.15) is 5.75 Å². The van der Waals surface area contributed by atoms with Crippen molar-refractivity contribution in [2.75, 3.05) is 7.11 Å². The highest BCUT2D eigenvalue weighted by Gasteiger charge is 2.25. The van der Waals surface area contributed by atoms with Crippen LogP contribution < -0.4 is 4.74 Å². The van der Waals surface area contributed by atoms with E-state index in [0.29, 0.717) is 6.42 Å². The molecule has 1 aromatic rings. The molecule has 0 N–H and O–H groups in total. The molecule has 0 aliphatic heterocycles. The van der Waals surface area contributed by atoms with Gasteiger partial charge in [0.05, 0.1) is 7.11 Å². The molecule has 0 aliphatic carbocycles. The predicted octanol–water partition coefficient (Wildman–Crippen LogP) is 3.02. The Morgan fingerprint density at radius 2 is 1.94 bits per heavy atom. The van der Waals surface area contributed by atoms with E-state index in [4.69, 9.17) is 4.74 Å². The monoisotopic (exact) mass is 218 g/mol. The highest BCUT2D eigenvalue weighted by atomic mass is 16.5. The molecule has 0 heterocycles. The molecule has 0 bridgehead atoms. The summed E-state index contributed by atoms with van der Waals surface area (Å²) in [7, 11) is 1.64. The lowest BCUT2D eigenvalue weighted by Gasteiger charge is -2.21. The Bertz CT molecular complexity index is 374. The summed E-state index contributed by atoms with van der Waals surface area (Å²) in [5.41, 5.74) is 0.733. The molecule has 0 aliphatic rings. The fourth-order valence-corrected chi connectivity index (χ4v) is 1.62. The normalized spacial score (nSPS) is 10.9. The van der Waals surface area contributed by atoms with Gasteiger partial charge < -0.3 is 4.74 Å². The first-order valence-electron chi connectivity index (χ1n) is 5.29. The van der Waals surface area contributed by atoms with E-state index in [1.54, 1.807) is 7.11 Å². The lowest BCUT2D eigenvalue weighted by molar-refractivity contribution is -0.122. The number of ketones is 1. The van der Waals surface area contributed by atoms with Crippen LogP contribution in [0.15, 0.2) is 36.9 Å². The van der Waals surface area contributed by atoms with Crippen LogP contribution in [0, 0.1) is 5.41 Å². The maximum atomic E-state index is 11.6. The topological polar surface area (TPSA) is 26.3 Å². The third-order valence-electron chi connectivity index (χ3n) is 2.66. The van der Waals surface area contributed by atoms with Crippen molar-refractivity contribution in [2.45, 2.75) is 20.3 Å². The first-order chi connectivity index (χ1) is 7.49. The van der Waals surface area contributed by atoms with Gasteiger partial charge in [0.15, 0.2) is 5.78 Å². The second-order valence-corrected chi connectivity index (χ2v) is 4.48. The molecule has 0 saturated heterocycles. The minimum absolute atomic E-state index is 0.0725. The number of methoxy groups -OCH3 is 1. The molecule has 2 heteroatoms. The second kappa shape index (κ2) is 4.97. The predicted molar refractivity (Wildman–Crippen MR) is 65.7 cm³/mol. The Kier molecular flexibility index (Phi) is 3.88. The molecule has 0 atom stereocenters. The lowest BCUT2D eigenvalue weighted by Crippen LogP contribution is -2.24. The number of carbonyl (C=O) groups excluding carboxylic acids is 1. The number of ether oxygens (including phenoxy) is 1. The van der Waals surface area contributed by atoms with Gasteiger partial charge >= 0.3 is 0 Å². The van der Waals surface area contributed by atoms with Crippen molar-refractivity contribution < 1.29 is 9.53 Å². The first-order valence-corrected chi connectivity index (χ1v) is 5.29. The number of benzene rings is 1. The molecule has 2 nitrogen and oxygen atoms in total. The van der Waals surface area contributed by atoms with Crippen LogP contribution in [-0.4, -0.2) is 12.9 Å².